The summed E-state index contributed by atoms with van der Waals surface area (Å²) >= 11 is 0. The van der Waals surface area contributed by atoms with Crippen molar-refractivity contribution in [3.63, 3.8) is 0 Å². The highest BCUT2D eigenvalue weighted by Crippen LogP contribution is 2.19. The zero-order valence-electron chi connectivity index (χ0n) is 11.5. The minimum atomic E-state index is -0.698. The maximum absolute atomic E-state index is 13.3. The molecule has 0 spiro atoms. The molecule has 1 heterocycles. The minimum Gasteiger partial charge on any atom is -0.331 e. The van der Waals surface area contributed by atoms with Crippen LogP contribution in [0.25, 0.3) is 0 Å². The van der Waals surface area contributed by atoms with Gasteiger partial charge in [-0.2, -0.15) is 0 Å². The molecule has 21 heavy (non-hydrogen) atoms. The van der Waals surface area contributed by atoms with Crippen molar-refractivity contribution < 1.29 is 13.6 Å². The second-order valence-electron chi connectivity index (χ2n) is 4.88. The van der Waals surface area contributed by atoms with Crippen LogP contribution >= 0.6 is 0 Å². The number of nitrogens with one attached hydrogen (secondary N) is 3. The molecule has 0 bridgehead atoms. The van der Waals surface area contributed by atoms with E-state index in [0.717, 1.165) is 25.4 Å². The van der Waals surface area contributed by atoms with Crippen LogP contribution in [-0.2, 0) is 0 Å². The molecule has 1 aromatic rings. The molecule has 0 saturated carbocycles. The van der Waals surface area contributed by atoms with Gasteiger partial charge in [0.2, 0.25) is 0 Å². The summed E-state index contributed by atoms with van der Waals surface area (Å²) in [4.78, 5) is 13.8. The fourth-order valence-corrected chi connectivity index (χ4v) is 2.28. The lowest BCUT2D eigenvalue weighted by atomic mass is 10.0. The van der Waals surface area contributed by atoms with E-state index >= 15 is 0 Å². The van der Waals surface area contributed by atoms with E-state index in [1.807, 2.05) is 0 Å². The Morgan fingerprint density at radius 2 is 1.95 bits per heavy atom. The number of carbonyl (C=O) groups excluding carboxylic acids is 1. The van der Waals surface area contributed by atoms with Gasteiger partial charge >= 0.3 is 6.03 Å². The lowest BCUT2D eigenvalue weighted by Gasteiger charge is -2.29. The highest BCUT2D eigenvalue weighted by Gasteiger charge is 2.21. The molecule has 1 atom stereocenters. The molecule has 3 N–H and O–H groups in total. The molecule has 2 amide bonds. The molecule has 1 aromatic carbocycles. The van der Waals surface area contributed by atoms with E-state index in [1.54, 1.807) is 4.90 Å². The molecule has 1 aliphatic rings. The Labute approximate surface area is 121 Å². The van der Waals surface area contributed by atoms with Crippen molar-refractivity contribution in [1.82, 2.24) is 15.5 Å². The number of hydrogen-bond donors (Lipinski definition) is 3. The first kappa shape index (κ1) is 15.4. The van der Waals surface area contributed by atoms with Crippen LogP contribution in [0.15, 0.2) is 18.2 Å². The zero-order valence-corrected chi connectivity index (χ0v) is 11.5. The summed E-state index contributed by atoms with van der Waals surface area (Å²) in [5.74, 6) is -1.40. The average Bonchev–Trinajstić information content (AvgIpc) is 2.46. The third-order valence-corrected chi connectivity index (χ3v) is 3.34. The standard InChI is InChI=1S/C14H18F2N4O/c15-11-7-10(8-12(16)9-11)13(1-2-17)19-14(21)20-5-3-18-4-6-20/h2,7-9,13,17-18H,1,3-6H2,(H,19,21)/t13-/m0/s1. The smallest absolute Gasteiger partial charge is 0.317 e. The van der Waals surface area contributed by atoms with E-state index < -0.39 is 17.7 Å². The normalized spacial score (nSPS) is 16.4. The van der Waals surface area contributed by atoms with Gasteiger partial charge in [-0.05, 0) is 23.9 Å². The van der Waals surface area contributed by atoms with Gasteiger partial charge in [-0.1, -0.05) is 0 Å². The van der Waals surface area contributed by atoms with Crippen molar-refractivity contribution in [3.05, 3.63) is 35.4 Å². The molecule has 1 saturated heterocycles. The van der Waals surface area contributed by atoms with Gasteiger partial charge in [0.15, 0.2) is 0 Å². The van der Waals surface area contributed by atoms with Gasteiger partial charge < -0.3 is 20.9 Å². The molecule has 1 aliphatic heterocycles. The number of urea groups is 1. The fourth-order valence-electron chi connectivity index (χ4n) is 2.28. The minimum absolute atomic E-state index is 0.181. The second kappa shape index (κ2) is 7.12. The van der Waals surface area contributed by atoms with Gasteiger partial charge in [-0.15, -0.1) is 0 Å². The highest BCUT2D eigenvalue weighted by molar-refractivity contribution is 5.75. The van der Waals surface area contributed by atoms with E-state index in [0.29, 0.717) is 18.7 Å². The quantitative estimate of drug-likeness (QED) is 0.740. The van der Waals surface area contributed by atoms with E-state index in [-0.39, 0.29) is 12.5 Å². The van der Waals surface area contributed by atoms with Gasteiger partial charge in [0.1, 0.15) is 11.6 Å². The lowest BCUT2D eigenvalue weighted by molar-refractivity contribution is 0.186. The average molecular weight is 296 g/mol. The summed E-state index contributed by atoms with van der Waals surface area (Å²) in [6.07, 6.45) is 1.30. The van der Waals surface area contributed by atoms with E-state index in [1.165, 1.54) is 12.1 Å². The largest absolute Gasteiger partial charge is 0.331 e. The molecule has 0 unspecified atom stereocenters. The van der Waals surface area contributed by atoms with Gasteiger partial charge in [0.05, 0.1) is 6.04 Å². The Kier molecular flexibility index (Phi) is 5.21. The molecule has 0 radical (unpaired) electrons. The number of rotatable bonds is 4. The number of piperazine rings is 1. The van der Waals surface area contributed by atoms with Gasteiger partial charge in [0, 0.05) is 38.7 Å². The monoisotopic (exact) mass is 296 g/mol. The molecular weight excluding hydrogens is 278 g/mol. The summed E-state index contributed by atoms with van der Waals surface area (Å²) in [5, 5.41) is 13.1. The molecule has 0 aromatic heterocycles. The maximum atomic E-state index is 13.3. The van der Waals surface area contributed by atoms with Crippen LogP contribution in [0.2, 0.25) is 0 Å². The number of halogens is 2. The van der Waals surface area contributed by atoms with Crippen molar-refractivity contribution in [1.29, 1.82) is 5.41 Å². The van der Waals surface area contributed by atoms with Crippen LogP contribution in [0.3, 0.4) is 0 Å². The van der Waals surface area contributed by atoms with Gasteiger partial charge in [0.25, 0.3) is 0 Å². The Balaban J connectivity index is 2.10. The molecule has 5 nitrogen and oxygen atoms in total. The van der Waals surface area contributed by atoms with Crippen molar-refractivity contribution in [2.24, 2.45) is 0 Å². The van der Waals surface area contributed by atoms with Gasteiger partial charge in [-0.3, -0.25) is 0 Å². The summed E-state index contributed by atoms with van der Waals surface area (Å²) < 4.78 is 26.6. The summed E-state index contributed by atoms with van der Waals surface area (Å²) in [5.41, 5.74) is 0.319. The van der Waals surface area contributed by atoms with Crippen molar-refractivity contribution in [2.75, 3.05) is 26.2 Å². The number of carbonyl (C=O) groups is 1. The Hall–Kier alpha value is -2.02. The van der Waals surface area contributed by atoms with Crippen LogP contribution < -0.4 is 10.6 Å². The molecule has 1 fully saturated rings. The first-order chi connectivity index (χ1) is 10.1. The summed E-state index contributed by atoms with van der Waals surface area (Å²) in [7, 11) is 0. The highest BCUT2D eigenvalue weighted by atomic mass is 19.1. The van der Waals surface area contributed by atoms with E-state index in [9.17, 15) is 13.6 Å². The third-order valence-electron chi connectivity index (χ3n) is 3.34. The maximum Gasteiger partial charge on any atom is 0.317 e. The molecular formula is C14H18F2N4O. The van der Waals surface area contributed by atoms with Crippen molar-refractivity contribution >= 4 is 12.2 Å². The summed E-state index contributed by atoms with van der Waals surface area (Å²) in [6.45, 7) is 2.61. The SMILES string of the molecule is N=CC[C@H](NC(=O)N1CCNCC1)c1cc(F)cc(F)c1. The van der Waals surface area contributed by atoms with Crippen molar-refractivity contribution in [3.8, 4) is 0 Å². The van der Waals surface area contributed by atoms with E-state index in [2.05, 4.69) is 10.6 Å². The molecule has 114 valence electrons. The Morgan fingerprint density at radius 1 is 1.33 bits per heavy atom. The van der Waals surface area contributed by atoms with Crippen LogP contribution in [0.1, 0.15) is 18.0 Å². The number of benzene rings is 1. The number of nitrogens with zero attached hydrogens (tertiary/aromatic N) is 1. The first-order valence-corrected chi connectivity index (χ1v) is 6.81. The number of amides is 2. The zero-order chi connectivity index (χ0) is 15.2. The molecule has 2 rings (SSSR count). The predicted molar refractivity (Wildman–Crippen MR) is 75.5 cm³/mol. The first-order valence-electron chi connectivity index (χ1n) is 6.81. The summed E-state index contributed by atoms with van der Waals surface area (Å²) in [6, 6.07) is 2.23. The number of hydrogen-bond acceptors (Lipinski definition) is 3. The van der Waals surface area contributed by atoms with Crippen LogP contribution in [-0.4, -0.2) is 43.3 Å². The van der Waals surface area contributed by atoms with Crippen LogP contribution in [0.4, 0.5) is 13.6 Å². The lowest BCUT2D eigenvalue weighted by Crippen LogP contribution is -2.50. The Bertz CT molecular complexity index is 497. The third kappa shape index (κ3) is 4.22. The Morgan fingerprint density at radius 3 is 2.52 bits per heavy atom. The molecule has 7 heteroatoms. The van der Waals surface area contributed by atoms with Gasteiger partial charge in [-0.25, -0.2) is 13.6 Å². The van der Waals surface area contributed by atoms with E-state index in [4.69, 9.17) is 5.41 Å². The van der Waals surface area contributed by atoms with Crippen molar-refractivity contribution in [2.45, 2.75) is 12.5 Å². The van der Waals surface area contributed by atoms with Crippen LogP contribution in [0, 0.1) is 17.0 Å². The topological polar surface area (TPSA) is 68.2 Å². The molecule has 0 aliphatic carbocycles. The second-order valence-corrected chi connectivity index (χ2v) is 4.88. The predicted octanol–water partition coefficient (Wildman–Crippen LogP) is 1.66. The van der Waals surface area contributed by atoms with Crippen LogP contribution in [0.5, 0.6) is 0 Å². The fraction of sp³-hybridized carbons (Fsp3) is 0.429.